The lowest BCUT2D eigenvalue weighted by Crippen LogP contribution is -2.11. The van der Waals surface area contributed by atoms with Crippen LogP contribution in [0.3, 0.4) is 0 Å². The summed E-state index contributed by atoms with van der Waals surface area (Å²) >= 11 is 1.16. The van der Waals surface area contributed by atoms with Gasteiger partial charge in [0.05, 0.1) is 12.1 Å². The molecular formula is C18H17N3O4S. The van der Waals surface area contributed by atoms with Gasteiger partial charge in [-0.15, -0.1) is 21.5 Å². The van der Waals surface area contributed by atoms with Gasteiger partial charge in [0.15, 0.2) is 0 Å². The average molecular weight is 371 g/mol. The van der Waals surface area contributed by atoms with Gasteiger partial charge in [-0.3, -0.25) is 4.79 Å². The van der Waals surface area contributed by atoms with Crippen LogP contribution in [0.4, 0.5) is 5.00 Å². The summed E-state index contributed by atoms with van der Waals surface area (Å²) in [6.45, 7) is 2.00. The second kappa shape index (κ2) is 7.92. The molecule has 0 saturated heterocycles. The van der Waals surface area contributed by atoms with Crippen LogP contribution in [0.25, 0.3) is 11.5 Å². The predicted molar refractivity (Wildman–Crippen MR) is 97.1 cm³/mol. The minimum atomic E-state index is -0.426. The van der Waals surface area contributed by atoms with Crippen molar-refractivity contribution in [1.82, 2.24) is 10.2 Å². The van der Waals surface area contributed by atoms with Crippen LogP contribution in [0.15, 0.2) is 40.8 Å². The molecule has 1 N–H and O–H groups in total. The number of aryl methyl sites for hydroxylation is 2. The van der Waals surface area contributed by atoms with Crippen LogP contribution in [-0.2, 0) is 16.0 Å². The smallest absolute Gasteiger partial charge is 0.348 e. The Hall–Kier alpha value is -3.00. The topological polar surface area (TPSA) is 94.3 Å². The number of carbonyl (C=O) groups excluding carboxylic acids is 2. The van der Waals surface area contributed by atoms with Crippen LogP contribution in [0.5, 0.6) is 0 Å². The van der Waals surface area contributed by atoms with Gasteiger partial charge in [-0.2, -0.15) is 0 Å². The van der Waals surface area contributed by atoms with Gasteiger partial charge in [-0.05, 0) is 31.2 Å². The Morgan fingerprint density at radius 3 is 2.65 bits per heavy atom. The number of hydrogen-bond acceptors (Lipinski definition) is 7. The molecule has 0 spiro atoms. The molecule has 0 aliphatic heterocycles. The molecule has 2 heterocycles. The molecule has 0 atom stereocenters. The van der Waals surface area contributed by atoms with Crippen molar-refractivity contribution >= 4 is 28.2 Å². The molecule has 3 rings (SSSR count). The van der Waals surface area contributed by atoms with E-state index in [9.17, 15) is 9.59 Å². The number of benzene rings is 1. The summed E-state index contributed by atoms with van der Waals surface area (Å²) < 4.78 is 10.2. The van der Waals surface area contributed by atoms with Crippen LogP contribution in [-0.4, -0.2) is 29.2 Å². The zero-order chi connectivity index (χ0) is 18.5. The average Bonchev–Trinajstić information content (AvgIpc) is 3.29. The zero-order valence-corrected chi connectivity index (χ0v) is 15.1. The number of nitrogens with one attached hydrogen (secondary N) is 1. The molecule has 3 aromatic rings. The molecule has 0 fully saturated rings. The van der Waals surface area contributed by atoms with Crippen molar-refractivity contribution in [2.45, 2.75) is 19.8 Å². The molecule has 8 heteroatoms. The lowest BCUT2D eigenvalue weighted by atomic mass is 10.1. The first-order valence-electron chi connectivity index (χ1n) is 7.92. The molecule has 0 aliphatic carbocycles. The van der Waals surface area contributed by atoms with Crippen molar-refractivity contribution in [2.75, 3.05) is 12.4 Å². The predicted octanol–water partition coefficient (Wildman–Crippen LogP) is 3.46. The molecule has 0 unspecified atom stereocenters. The van der Waals surface area contributed by atoms with E-state index < -0.39 is 5.97 Å². The van der Waals surface area contributed by atoms with Crippen LogP contribution < -0.4 is 5.32 Å². The fraction of sp³-hybridized carbons (Fsp3) is 0.222. The number of esters is 1. The number of carbonyl (C=O) groups is 2. The largest absolute Gasteiger partial charge is 0.465 e. The fourth-order valence-corrected chi connectivity index (χ4v) is 3.04. The number of rotatable bonds is 6. The molecule has 1 aromatic carbocycles. The van der Waals surface area contributed by atoms with Crippen molar-refractivity contribution in [3.63, 3.8) is 0 Å². The van der Waals surface area contributed by atoms with Crippen LogP contribution in [0.2, 0.25) is 0 Å². The molecule has 0 bridgehead atoms. The van der Waals surface area contributed by atoms with Crippen molar-refractivity contribution in [1.29, 1.82) is 0 Å². The maximum absolute atomic E-state index is 12.0. The van der Waals surface area contributed by atoms with E-state index in [0.29, 0.717) is 28.1 Å². The number of hydrogen-bond donors (Lipinski definition) is 1. The standard InChI is InChI=1S/C18H17N3O4S/c1-11-3-5-12(6-4-11)17-21-20-15(25-17)9-8-14(22)19-16-10-7-13(26-16)18(23)24-2/h3-7,10H,8-9H2,1-2H3,(H,19,22). The van der Waals surface area contributed by atoms with Crippen LogP contribution >= 0.6 is 11.3 Å². The van der Waals surface area contributed by atoms with Gasteiger partial charge >= 0.3 is 5.97 Å². The Labute approximate surface area is 154 Å². The number of amides is 1. The highest BCUT2D eigenvalue weighted by Gasteiger charge is 2.13. The van der Waals surface area contributed by atoms with Gasteiger partial charge in [-0.1, -0.05) is 17.7 Å². The first-order valence-corrected chi connectivity index (χ1v) is 8.74. The summed E-state index contributed by atoms with van der Waals surface area (Å²) in [5.74, 6) is 0.210. The normalized spacial score (nSPS) is 10.5. The highest BCUT2D eigenvalue weighted by atomic mass is 32.1. The van der Waals surface area contributed by atoms with E-state index in [-0.39, 0.29) is 12.3 Å². The summed E-state index contributed by atoms with van der Waals surface area (Å²) in [6.07, 6.45) is 0.529. The van der Waals surface area contributed by atoms with Gasteiger partial charge in [-0.25, -0.2) is 4.79 Å². The minimum Gasteiger partial charge on any atom is -0.465 e. The van der Waals surface area contributed by atoms with Crippen LogP contribution in [0.1, 0.15) is 27.5 Å². The third-order valence-electron chi connectivity index (χ3n) is 3.59. The molecular weight excluding hydrogens is 354 g/mol. The van der Waals surface area contributed by atoms with E-state index in [1.54, 1.807) is 12.1 Å². The monoisotopic (exact) mass is 371 g/mol. The molecule has 1 amide bonds. The van der Waals surface area contributed by atoms with Gasteiger partial charge in [0.25, 0.3) is 0 Å². The van der Waals surface area contributed by atoms with E-state index in [4.69, 9.17) is 4.42 Å². The third kappa shape index (κ3) is 4.34. The summed E-state index contributed by atoms with van der Waals surface area (Å²) in [6, 6.07) is 11.0. The van der Waals surface area contributed by atoms with Crippen molar-refractivity contribution < 1.29 is 18.7 Å². The second-order valence-corrected chi connectivity index (χ2v) is 6.65. The first-order chi connectivity index (χ1) is 12.5. The Balaban J connectivity index is 1.54. The van der Waals surface area contributed by atoms with E-state index >= 15 is 0 Å². The Morgan fingerprint density at radius 1 is 1.15 bits per heavy atom. The molecule has 26 heavy (non-hydrogen) atoms. The van der Waals surface area contributed by atoms with Gasteiger partial charge in [0.1, 0.15) is 4.88 Å². The Morgan fingerprint density at radius 2 is 1.92 bits per heavy atom. The number of methoxy groups -OCH3 is 1. The first kappa shape index (κ1) is 17.8. The maximum atomic E-state index is 12.0. The number of aromatic nitrogens is 2. The highest BCUT2D eigenvalue weighted by molar-refractivity contribution is 7.18. The van der Waals surface area contributed by atoms with Crippen molar-refractivity contribution in [3.05, 3.63) is 52.7 Å². The molecule has 134 valence electrons. The Bertz CT molecular complexity index is 915. The lowest BCUT2D eigenvalue weighted by molar-refractivity contribution is -0.116. The number of nitrogens with zero attached hydrogens (tertiary/aromatic N) is 2. The highest BCUT2D eigenvalue weighted by Crippen LogP contribution is 2.23. The zero-order valence-electron chi connectivity index (χ0n) is 14.3. The fourth-order valence-electron chi connectivity index (χ4n) is 2.20. The van der Waals surface area contributed by atoms with Crippen molar-refractivity contribution in [3.8, 4) is 11.5 Å². The summed E-state index contributed by atoms with van der Waals surface area (Å²) in [5, 5.41) is 11.3. The van der Waals surface area contributed by atoms with Gasteiger partial charge in [0.2, 0.25) is 17.7 Å². The molecule has 0 saturated carbocycles. The second-order valence-electron chi connectivity index (χ2n) is 5.57. The lowest BCUT2D eigenvalue weighted by Gasteiger charge is -2.00. The quantitative estimate of drug-likeness (QED) is 0.667. The minimum absolute atomic E-state index is 0.195. The Kier molecular flexibility index (Phi) is 5.43. The molecule has 2 aromatic heterocycles. The maximum Gasteiger partial charge on any atom is 0.348 e. The van der Waals surface area contributed by atoms with E-state index in [0.717, 1.165) is 22.5 Å². The molecule has 0 aliphatic rings. The van der Waals surface area contributed by atoms with Crippen LogP contribution in [0, 0.1) is 6.92 Å². The van der Waals surface area contributed by atoms with Gasteiger partial charge < -0.3 is 14.5 Å². The number of thiophene rings is 1. The SMILES string of the molecule is COC(=O)c1ccc(NC(=O)CCc2nnc(-c3ccc(C)cc3)o2)s1. The molecule has 7 nitrogen and oxygen atoms in total. The third-order valence-corrected chi connectivity index (χ3v) is 4.57. The summed E-state index contributed by atoms with van der Waals surface area (Å²) in [7, 11) is 1.32. The van der Waals surface area contributed by atoms with E-state index in [1.807, 2.05) is 31.2 Å². The number of ether oxygens (including phenoxy) is 1. The van der Waals surface area contributed by atoms with Crippen molar-refractivity contribution in [2.24, 2.45) is 0 Å². The van der Waals surface area contributed by atoms with E-state index in [2.05, 4.69) is 20.3 Å². The van der Waals surface area contributed by atoms with Gasteiger partial charge in [0, 0.05) is 18.4 Å². The summed E-state index contributed by atoms with van der Waals surface area (Å²) in [4.78, 5) is 23.9. The van der Waals surface area contributed by atoms with E-state index in [1.165, 1.54) is 7.11 Å². The molecule has 0 radical (unpaired) electrons. The number of anilines is 1. The summed E-state index contributed by atoms with van der Waals surface area (Å²) in [5.41, 5.74) is 1.99.